The SMILES string of the molecule is CCCNc1nc(Cl)nc(Nc2cc(Br)c(F)cc2F)n1. The molecule has 1 aromatic carbocycles. The molecule has 0 aliphatic heterocycles. The Morgan fingerprint density at radius 3 is 2.57 bits per heavy atom. The largest absolute Gasteiger partial charge is 0.354 e. The van der Waals surface area contributed by atoms with Crippen molar-refractivity contribution >= 4 is 45.1 Å². The standard InChI is InChI=1S/C12H11BrClF2N5/c1-2-3-17-11-19-10(14)20-12(21-11)18-9-4-6(13)7(15)5-8(9)16/h4-5H,2-3H2,1H3,(H2,17,18,19,20,21). The quantitative estimate of drug-likeness (QED) is 0.766. The summed E-state index contributed by atoms with van der Waals surface area (Å²) < 4.78 is 27.0. The van der Waals surface area contributed by atoms with Crippen LogP contribution in [0.25, 0.3) is 0 Å². The van der Waals surface area contributed by atoms with Gasteiger partial charge in [0.05, 0.1) is 10.2 Å². The Kier molecular flexibility index (Phi) is 5.24. The molecular formula is C12H11BrClF2N5. The fourth-order valence-corrected chi connectivity index (χ4v) is 1.96. The van der Waals surface area contributed by atoms with Crippen molar-refractivity contribution in [1.29, 1.82) is 0 Å². The summed E-state index contributed by atoms with van der Waals surface area (Å²) in [6, 6.07) is 2.01. The third kappa shape index (κ3) is 4.21. The van der Waals surface area contributed by atoms with E-state index in [4.69, 9.17) is 11.6 Å². The van der Waals surface area contributed by atoms with E-state index >= 15 is 0 Å². The molecule has 0 spiro atoms. The van der Waals surface area contributed by atoms with Crippen LogP contribution in [-0.2, 0) is 0 Å². The van der Waals surface area contributed by atoms with Gasteiger partial charge in [0, 0.05) is 12.6 Å². The molecule has 2 N–H and O–H groups in total. The van der Waals surface area contributed by atoms with Crippen LogP contribution >= 0.6 is 27.5 Å². The van der Waals surface area contributed by atoms with E-state index in [1.165, 1.54) is 6.07 Å². The first kappa shape index (κ1) is 15.8. The van der Waals surface area contributed by atoms with Crippen LogP contribution in [0.15, 0.2) is 16.6 Å². The zero-order chi connectivity index (χ0) is 15.4. The van der Waals surface area contributed by atoms with Crippen molar-refractivity contribution in [1.82, 2.24) is 15.0 Å². The maximum Gasteiger partial charge on any atom is 0.233 e. The molecular weight excluding hydrogens is 368 g/mol. The Bertz CT molecular complexity index is 656. The minimum atomic E-state index is -0.768. The Labute approximate surface area is 133 Å². The summed E-state index contributed by atoms with van der Waals surface area (Å²) >= 11 is 8.77. The van der Waals surface area contributed by atoms with Gasteiger partial charge < -0.3 is 10.6 Å². The molecule has 0 unspecified atom stereocenters. The van der Waals surface area contributed by atoms with Crippen molar-refractivity contribution in [3.8, 4) is 0 Å². The molecule has 0 saturated heterocycles. The third-order valence-electron chi connectivity index (χ3n) is 2.40. The summed E-state index contributed by atoms with van der Waals surface area (Å²) in [6.07, 6.45) is 0.881. The highest BCUT2D eigenvalue weighted by Gasteiger charge is 2.11. The zero-order valence-corrected chi connectivity index (χ0v) is 13.3. The second kappa shape index (κ2) is 6.95. The first-order valence-corrected chi connectivity index (χ1v) is 7.23. The number of nitrogens with one attached hydrogen (secondary N) is 2. The molecule has 112 valence electrons. The van der Waals surface area contributed by atoms with Crippen LogP contribution < -0.4 is 10.6 Å². The van der Waals surface area contributed by atoms with Gasteiger partial charge in [0.2, 0.25) is 17.2 Å². The maximum absolute atomic E-state index is 13.7. The molecule has 0 saturated carbocycles. The predicted octanol–water partition coefficient (Wildman–Crippen LogP) is 4.13. The number of hydrogen-bond acceptors (Lipinski definition) is 5. The van der Waals surface area contributed by atoms with Crippen molar-refractivity contribution < 1.29 is 8.78 Å². The molecule has 1 heterocycles. The number of anilines is 3. The summed E-state index contributed by atoms with van der Waals surface area (Å²) in [5.41, 5.74) is 0.0204. The van der Waals surface area contributed by atoms with E-state index in [1.807, 2.05) is 6.92 Å². The number of aromatic nitrogens is 3. The summed E-state index contributed by atoms with van der Waals surface area (Å²) in [7, 11) is 0. The van der Waals surface area contributed by atoms with Crippen molar-refractivity contribution in [3.05, 3.63) is 33.5 Å². The number of benzene rings is 1. The molecule has 0 atom stereocenters. The molecule has 9 heteroatoms. The topological polar surface area (TPSA) is 62.7 Å². The lowest BCUT2D eigenvalue weighted by Crippen LogP contribution is -2.08. The minimum Gasteiger partial charge on any atom is -0.354 e. The minimum absolute atomic E-state index is 0.0204. The first-order chi connectivity index (χ1) is 9.99. The Balaban J connectivity index is 2.27. The van der Waals surface area contributed by atoms with Crippen molar-refractivity contribution in [2.24, 2.45) is 0 Å². The van der Waals surface area contributed by atoms with E-state index in [-0.39, 0.29) is 27.3 Å². The lowest BCUT2D eigenvalue weighted by atomic mass is 10.3. The second-order valence-corrected chi connectivity index (χ2v) is 5.24. The summed E-state index contributed by atoms with van der Waals surface area (Å²) in [5.74, 6) is -1.13. The molecule has 1 aromatic heterocycles. The number of halogens is 4. The number of rotatable bonds is 5. The van der Waals surface area contributed by atoms with Gasteiger partial charge in [-0.25, -0.2) is 8.78 Å². The Hall–Kier alpha value is -1.54. The molecule has 2 rings (SSSR count). The molecule has 21 heavy (non-hydrogen) atoms. The Morgan fingerprint density at radius 2 is 1.86 bits per heavy atom. The second-order valence-electron chi connectivity index (χ2n) is 4.05. The van der Waals surface area contributed by atoms with Gasteiger partial charge in [-0.05, 0) is 40.0 Å². The molecule has 0 fully saturated rings. The van der Waals surface area contributed by atoms with E-state index in [0.29, 0.717) is 6.54 Å². The number of nitrogens with zero attached hydrogens (tertiary/aromatic N) is 3. The van der Waals surface area contributed by atoms with Crippen molar-refractivity contribution in [2.45, 2.75) is 13.3 Å². The highest BCUT2D eigenvalue weighted by molar-refractivity contribution is 9.10. The Morgan fingerprint density at radius 1 is 1.14 bits per heavy atom. The average molecular weight is 379 g/mol. The van der Waals surface area contributed by atoms with Gasteiger partial charge in [0.15, 0.2) is 0 Å². The lowest BCUT2D eigenvalue weighted by Gasteiger charge is -2.09. The zero-order valence-electron chi connectivity index (χ0n) is 10.9. The van der Waals surface area contributed by atoms with Crippen LogP contribution in [0.4, 0.5) is 26.4 Å². The van der Waals surface area contributed by atoms with Gasteiger partial charge in [-0.15, -0.1) is 0 Å². The van der Waals surface area contributed by atoms with Crippen LogP contribution in [-0.4, -0.2) is 21.5 Å². The van der Waals surface area contributed by atoms with Gasteiger partial charge >= 0.3 is 0 Å². The first-order valence-electron chi connectivity index (χ1n) is 6.06. The monoisotopic (exact) mass is 377 g/mol. The van der Waals surface area contributed by atoms with E-state index in [1.54, 1.807) is 0 Å². The molecule has 0 aliphatic rings. The lowest BCUT2D eigenvalue weighted by molar-refractivity contribution is 0.581. The van der Waals surface area contributed by atoms with E-state index in [9.17, 15) is 8.78 Å². The van der Waals surface area contributed by atoms with Gasteiger partial charge in [-0.3, -0.25) is 0 Å². The van der Waals surface area contributed by atoms with Crippen LogP contribution in [0.1, 0.15) is 13.3 Å². The van der Waals surface area contributed by atoms with Crippen LogP contribution in [0, 0.1) is 11.6 Å². The number of hydrogen-bond donors (Lipinski definition) is 2. The van der Waals surface area contributed by atoms with Gasteiger partial charge in [0.1, 0.15) is 11.6 Å². The predicted molar refractivity (Wildman–Crippen MR) is 81.0 cm³/mol. The summed E-state index contributed by atoms with van der Waals surface area (Å²) in [5, 5.41) is 5.55. The van der Waals surface area contributed by atoms with Crippen molar-refractivity contribution in [3.63, 3.8) is 0 Å². The van der Waals surface area contributed by atoms with Crippen molar-refractivity contribution in [2.75, 3.05) is 17.2 Å². The maximum atomic E-state index is 13.7. The third-order valence-corrected chi connectivity index (χ3v) is 3.17. The summed E-state index contributed by atoms with van der Waals surface area (Å²) in [4.78, 5) is 11.8. The van der Waals surface area contributed by atoms with Gasteiger partial charge in [-0.1, -0.05) is 6.92 Å². The van der Waals surface area contributed by atoms with Crippen LogP contribution in [0.2, 0.25) is 5.28 Å². The van der Waals surface area contributed by atoms with Crippen LogP contribution in [0.5, 0.6) is 0 Å². The molecule has 2 aromatic rings. The van der Waals surface area contributed by atoms with Gasteiger partial charge in [-0.2, -0.15) is 15.0 Å². The van der Waals surface area contributed by atoms with E-state index < -0.39 is 11.6 Å². The average Bonchev–Trinajstić information content (AvgIpc) is 2.42. The molecule has 0 bridgehead atoms. The van der Waals surface area contributed by atoms with Crippen LogP contribution in [0.3, 0.4) is 0 Å². The van der Waals surface area contributed by atoms with Gasteiger partial charge in [0.25, 0.3) is 0 Å². The van der Waals surface area contributed by atoms with E-state index in [0.717, 1.165) is 12.5 Å². The normalized spacial score (nSPS) is 10.5. The molecule has 5 nitrogen and oxygen atoms in total. The van der Waals surface area contributed by atoms with E-state index in [2.05, 4.69) is 41.5 Å². The molecule has 0 amide bonds. The highest BCUT2D eigenvalue weighted by atomic mass is 79.9. The molecule has 0 radical (unpaired) electrons. The smallest absolute Gasteiger partial charge is 0.233 e. The fourth-order valence-electron chi connectivity index (χ4n) is 1.46. The highest BCUT2D eigenvalue weighted by Crippen LogP contribution is 2.25. The molecule has 0 aliphatic carbocycles. The fraction of sp³-hybridized carbons (Fsp3) is 0.250. The summed E-state index contributed by atoms with van der Waals surface area (Å²) in [6.45, 7) is 2.65.